The lowest BCUT2D eigenvalue weighted by Crippen LogP contribution is -2.37. The number of rotatable bonds is 6. The molecule has 1 rings (SSSR count). The quantitative estimate of drug-likeness (QED) is 0.582. The molecule has 8 nitrogen and oxygen atoms in total. The Morgan fingerprint density at radius 2 is 2.15 bits per heavy atom. The Hall–Kier alpha value is -2.55. The summed E-state index contributed by atoms with van der Waals surface area (Å²) in [6, 6.07) is 2.37. The van der Waals surface area contributed by atoms with E-state index in [0.29, 0.717) is 6.07 Å². The fourth-order valence-corrected chi connectivity index (χ4v) is 1.37. The molecular formula is C11H11FN2O6. The van der Waals surface area contributed by atoms with Crippen LogP contribution in [0, 0.1) is 15.9 Å². The zero-order valence-electron chi connectivity index (χ0n) is 10.3. The number of nitro benzene ring substituents is 1. The van der Waals surface area contributed by atoms with Gasteiger partial charge in [-0.1, -0.05) is 0 Å². The molecule has 1 unspecified atom stereocenters. The Bertz CT molecular complexity index is 548. The Morgan fingerprint density at radius 3 is 2.65 bits per heavy atom. The fourth-order valence-electron chi connectivity index (χ4n) is 1.37. The van der Waals surface area contributed by atoms with Crippen LogP contribution in [0.1, 0.15) is 10.4 Å². The van der Waals surface area contributed by atoms with Crippen molar-refractivity contribution in [3.05, 3.63) is 39.7 Å². The highest BCUT2D eigenvalue weighted by Crippen LogP contribution is 2.16. The third-order valence-electron chi connectivity index (χ3n) is 2.36. The summed E-state index contributed by atoms with van der Waals surface area (Å²) in [5.74, 6) is -3.06. The highest BCUT2D eigenvalue weighted by atomic mass is 19.1. The maximum absolute atomic E-state index is 13.1. The van der Waals surface area contributed by atoms with Gasteiger partial charge in [-0.2, -0.15) is 0 Å². The monoisotopic (exact) mass is 286 g/mol. The van der Waals surface area contributed by atoms with E-state index in [0.717, 1.165) is 19.2 Å². The van der Waals surface area contributed by atoms with Crippen LogP contribution in [0.2, 0.25) is 0 Å². The van der Waals surface area contributed by atoms with Crippen molar-refractivity contribution >= 4 is 17.6 Å². The van der Waals surface area contributed by atoms with Crippen molar-refractivity contribution in [2.75, 3.05) is 13.7 Å². The Labute approximate surface area is 112 Å². The normalized spacial score (nSPS) is 11.7. The van der Waals surface area contributed by atoms with Crippen LogP contribution in [0.4, 0.5) is 10.1 Å². The highest BCUT2D eigenvalue weighted by Gasteiger charge is 2.19. The number of hydrogen-bond donors (Lipinski definition) is 2. The van der Waals surface area contributed by atoms with Crippen LogP contribution in [-0.2, 0) is 9.53 Å². The van der Waals surface area contributed by atoms with Gasteiger partial charge in [0.15, 0.2) is 6.10 Å². The number of ether oxygens (including phenoxy) is 1. The molecule has 2 N–H and O–H groups in total. The molecule has 0 aromatic heterocycles. The van der Waals surface area contributed by atoms with Gasteiger partial charge in [0.1, 0.15) is 5.82 Å². The zero-order valence-corrected chi connectivity index (χ0v) is 10.3. The number of carboxylic acid groups (broad SMARTS) is 1. The first-order chi connectivity index (χ1) is 9.35. The molecule has 0 aliphatic carbocycles. The van der Waals surface area contributed by atoms with E-state index in [2.05, 4.69) is 10.1 Å². The smallest absolute Gasteiger partial charge is 0.334 e. The minimum absolute atomic E-state index is 0.281. The second-order valence-electron chi connectivity index (χ2n) is 3.73. The first-order valence-corrected chi connectivity index (χ1v) is 5.34. The SMILES string of the molecule is COC(CNC(=O)c1cc(F)cc([N+](=O)[O-])c1)C(=O)O. The lowest BCUT2D eigenvalue weighted by molar-refractivity contribution is -0.385. The number of methoxy groups -OCH3 is 1. The average Bonchev–Trinajstić information content (AvgIpc) is 2.37. The number of nitrogens with zero attached hydrogens (tertiary/aromatic N) is 1. The minimum atomic E-state index is -1.28. The van der Waals surface area contributed by atoms with Gasteiger partial charge in [-0.25, -0.2) is 9.18 Å². The number of aliphatic carboxylic acids is 1. The zero-order chi connectivity index (χ0) is 15.3. The van der Waals surface area contributed by atoms with Crippen LogP contribution < -0.4 is 5.32 Å². The first kappa shape index (κ1) is 15.5. The molecule has 0 fully saturated rings. The number of hydrogen-bond acceptors (Lipinski definition) is 5. The van der Waals surface area contributed by atoms with E-state index in [9.17, 15) is 24.1 Å². The molecule has 0 saturated heterocycles. The lowest BCUT2D eigenvalue weighted by atomic mass is 10.2. The van der Waals surface area contributed by atoms with Crippen molar-refractivity contribution < 1.29 is 28.7 Å². The van der Waals surface area contributed by atoms with Gasteiger partial charge in [0, 0.05) is 18.7 Å². The van der Waals surface area contributed by atoms with E-state index in [-0.39, 0.29) is 12.1 Å². The number of nitro groups is 1. The number of nitrogens with one attached hydrogen (secondary N) is 1. The van der Waals surface area contributed by atoms with Crippen molar-refractivity contribution in [2.45, 2.75) is 6.10 Å². The van der Waals surface area contributed by atoms with Crippen LogP contribution in [-0.4, -0.2) is 41.7 Å². The third-order valence-corrected chi connectivity index (χ3v) is 2.36. The molecule has 108 valence electrons. The molecule has 9 heteroatoms. The largest absolute Gasteiger partial charge is 0.479 e. The van der Waals surface area contributed by atoms with Crippen LogP contribution in [0.5, 0.6) is 0 Å². The first-order valence-electron chi connectivity index (χ1n) is 5.34. The molecule has 0 aliphatic heterocycles. The number of non-ortho nitro benzene ring substituents is 1. The van der Waals surface area contributed by atoms with Gasteiger partial charge < -0.3 is 15.2 Å². The van der Waals surface area contributed by atoms with Gasteiger partial charge >= 0.3 is 5.97 Å². The number of halogens is 1. The molecule has 1 aromatic carbocycles. The van der Waals surface area contributed by atoms with Crippen molar-refractivity contribution in [1.82, 2.24) is 5.32 Å². The summed E-state index contributed by atoms with van der Waals surface area (Å²) >= 11 is 0. The van der Waals surface area contributed by atoms with E-state index in [4.69, 9.17) is 5.11 Å². The Kier molecular flexibility index (Phi) is 5.09. The fraction of sp³-hybridized carbons (Fsp3) is 0.273. The van der Waals surface area contributed by atoms with Gasteiger partial charge in [-0.3, -0.25) is 14.9 Å². The van der Waals surface area contributed by atoms with Crippen LogP contribution in [0.25, 0.3) is 0 Å². The number of carboxylic acids is 1. The molecule has 0 saturated carbocycles. The summed E-state index contributed by atoms with van der Waals surface area (Å²) < 4.78 is 17.7. The predicted octanol–water partition coefficient (Wildman–Crippen LogP) is 0.563. The topological polar surface area (TPSA) is 119 Å². The number of carbonyl (C=O) groups excluding carboxylic acids is 1. The van der Waals surface area contributed by atoms with Gasteiger partial charge in [-0.15, -0.1) is 0 Å². The second kappa shape index (κ2) is 6.57. The number of benzene rings is 1. The maximum atomic E-state index is 13.1. The van der Waals surface area contributed by atoms with E-state index in [1.807, 2.05) is 0 Å². The molecular weight excluding hydrogens is 275 g/mol. The van der Waals surface area contributed by atoms with Crippen molar-refractivity contribution in [1.29, 1.82) is 0 Å². The van der Waals surface area contributed by atoms with Crippen LogP contribution in [0.3, 0.4) is 0 Å². The second-order valence-corrected chi connectivity index (χ2v) is 3.73. The molecule has 1 aromatic rings. The number of carbonyl (C=O) groups is 2. The van der Waals surface area contributed by atoms with Crippen LogP contribution in [0.15, 0.2) is 18.2 Å². The van der Waals surface area contributed by atoms with Gasteiger partial charge in [-0.05, 0) is 6.07 Å². The average molecular weight is 286 g/mol. The lowest BCUT2D eigenvalue weighted by Gasteiger charge is -2.11. The summed E-state index contributed by atoms with van der Waals surface area (Å²) in [6.07, 6.45) is -1.26. The molecule has 0 bridgehead atoms. The molecule has 1 amide bonds. The van der Waals surface area contributed by atoms with E-state index < -0.39 is 34.4 Å². The standard InChI is InChI=1S/C11H11FN2O6/c1-20-9(11(16)17)5-13-10(15)6-2-7(12)4-8(3-6)14(18)19/h2-4,9H,5H2,1H3,(H,13,15)(H,16,17). The van der Waals surface area contributed by atoms with E-state index >= 15 is 0 Å². The van der Waals surface area contributed by atoms with Crippen molar-refractivity contribution in [2.24, 2.45) is 0 Å². The summed E-state index contributed by atoms with van der Waals surface area (Å²) in [4.78, 5) is 32.0. The van der Waals surface area contributed by atoms with Crippen LogP contribution >= 0.6 is 0 Å². The summed E-state index contributed by atoms with van der Waals surface area (Å²) in [5.41, 5.74) is -0.853. The molecule has 0 heterocycles. The minimum Gasteiger partial charge on any atom is -0.479 e. The molecule has 0 radical (unpaired) electrons. The molecule has 0 aliphatic rings. The molecule has 1 atom stereocenters. The Morgan fingerprint density at radius 1 is 1.50 bits per heavy atom. The van der Waals surface area contributed by atoms with Crippen molar-refractivity contribution in [3.8, 4) is 0 Å². The number of amides is 1. The third kappa shape index (κ3) is 3.99. The predicted molar refractivity (Wildman–Crippen MR) is 63.8 cm³/mol. The van der Waals surface area contributed by atoms with Gasteiger partial charge in [0.2, 0.25) is 0 Å². The summed E-state index contributed by atoms with van der Waals surface area (Å²) in [7, 11) is 1.15. The van der Waals surface area contributed by atoms with Gasteiger partial charge in [0.25, 0.3) is 11.6 Å². The van der Waals surface area contributed by atoms with Crippen molar-refractivity contribution in [3.63, 3.8) is 0 Å². The highest BCUT2D eigenvalue weighted by molar-refractivity contribution is 5.95. The maximum Gasteiger partial charge on any atom is 0.334 e. The summed E-state index contributed by atoms with van der Waals surface area (Å²) in [5, 5.41) is 21.4. The summed E-state index contributed by atoms with van der Waals surface area (Å²) in [6.45, 7) is -0.352. The Balaban J connectivity index is 2.82. The van der Waals surface area contributed by atoms with Gasteiger partial charge in [0.05, 0.1) is 17.5 Å². The van der Waals surface area contributed by atoms with E-state index in [1.54, 1.807) is 0 Å². The molecule has 20 heavy (non-hydrogen) atoms. The van der Waals surface area contributed by atoms with E-state index in [1.165, 1.54) is 0 Å². The molecule has 0 spiro atoms.